The van der Waals surface area contributed by atoms with E-state index in [1.165, 1.54) is 0 Å². The molecule has 0 radical (unpaired) electrons. The zero-order chi connectivity index (χ0) is 17.3. The van der Waals surface area contributed by atoms with E-state index in [0.717, 1.165) is 16.8 Å². The van der Waals surface area contributed by atoms with Gasteiger partial charge in [-0.2, -0.15) is 0 Å². The van der Waals surface area contributed by atoms with Crippen molar-refractivity contribution in [2.45, 2.75) is 37.2 Å². The minimum atomic E-state index is -1.97. The molecule has 2 heterocycles. The van der Waals surface area contributed by atoms with Gasteiger partial charge in [-0.3, -0.25) is 13.9 Å². The van der Waals surface area contributed by atoms with Crippen LogP contribution in [0.2, 0.25) is 0 Å². The van der Waals surface area contributed by atoms with Crippen molar-refractivity contribution in [1.29, 1.82) is 0 Å². The van der Waals surface area contributed by atoms with Crippen molar-refractivity contribution >= 4 is 5.97 Å². The maximum Gasteiger partial charge on any atom is 0.334 e. The van der Waals surface area contributed by atoms with Gasteiger partial charge in [0.15, 0.2) is 12.3 Å². The van der Waals surface area contributed by atoms with Crippen molar-refractivity contribution in [3.05, 3.63) is 33.1 Å². The largest absolute Gasteiger partial charge is 0.479 e. The van der Waals surface area contributed by atoms with E-state index in [0.29, 0.717) is 4.57 Å². The summed E-state index contributed by atoms with van der Waals surface area (Å²) in [5.41, 5.74) is -1.88. The number of aliphatic carboxylic acids is 1. The number of aliphatic hydroxyl groups excluding tert-OH is 4. The normalized spacial score (nSPS) is 28.7. The van der Waals surface area contributed by atoms with Crippen molar-refractivity contribution in [2.75, 3.05) is 6.61 Å². The molecule has 1 aromatic rings. The molecule has 1 saturated heterocycles. The Balaban J connectivity index is 2.40. The number of ether oxygens (including phenoxy) is 1. The number of aliphatic hydroxyl groups is 4. The first-order valence-electron chi connectivity index (χ1n) is 6.63. The summed E-state index contributed by atoms with van der Waals surface area (Å²) in [7, 11) is 0. The molecular formula is C12H16N2O9. The first kappa shape index (κ1) is 17.3. The Bertz CT molecular complexity index is 697. The van der Waals surface area contributed by atoms with Crippen molar-refractivity contribution in [3.8, 4) is 0 Å². The second-order valence-corrected chi connectivity index (χ2v) is 5.04. The van der Waals surface area contributed by atoms with Crippen LogP contribution >= 0.6 is 0 Å². The SMILES string of the molecule is O=C(O)C(O)Cn1c(=O)ccn([C@@H]2O[C@H](CO)[C@@H](O)[C@H]2O)c1=O. The molecule has 0 bridgehead atoms. The van der Waals surface area contributed by atoms with Crippen LogP contribution in [0.15, 0.2) is 21.9 Å². The second kappa shape index (κ2) is 6.60. The van der Waals surface area contributed by atoms with E-state index < -0.39 is 61.0 Å². The molecular weight excluding hydrogens is 316 g/mol. The number of carboxylic acids is 1. The fourth-order valence-corrected chi connectivity index (χ4v) is 2.25. The summed E-state index contributed by atoms with van der Waals surface area (Å²) in [4.78, 5) is 34.6. The van der Waals surface area contributed by atoms with E-state index in [2.05, 4.69) is 0 Å². The summed E-state index contributed by atoms with van der Waals surface area (Å²) in [6.07, 6.45) is -6.44. The van der Waals surface area contributed by atoms with Gasteiger partial charge in [-0.25, -0.2) is 9.59 Å². The van der Waals surface area contributed by atoms with E-state index in [9.17, 15) is 29.7 Å². The van der Waals surface area contributed by atoms with Gasteiger partial charge in [0.1, 0.15) is 18.3 Å². The standard InChI is InChI=1S/C12H16N2O9/c15-4-6-8(18)9(19)10(23-6)13-2-1-7(17)14(12(13)22)3-5(16)11(20)21/h1-2,5-6,8-10,15-16,18-19H,3-4H2,(H,20,21)/t5?,6-,8-,9-,10-/m1/s1. The Morgan fingerprint density at radius 1 is 1.30 bits per heavy atom. The summed E-state index contributed by atoms with van der Waals surface area (Å²) in [6.45, 7) is -1.39. The topological polar surface area (TPSA) is 171 Å². The highest BCUT2D eigenvalue weighted by Gasteiger charge is 2.43. The third-order valence-corrected chi connectivity index (χ3v) is 3.53. The molecule has 0 aromatic carbocycles. The van der Waals surface area contributed by atoms with Crippen molar-refractivity contribution < 1.29 is 35.1 Å². The molecule has 0 amide bonds. The van der Waals surface area contributed by atoms with Gasteiger partial charge in [0.05, 0.1) is 13.2 Å². The Hall–Kier alpha value is -2.05. The Morgan fingerprint density at radius 2 is 1.96 bits per heavy atom. The number of carbonyl (C=O) groups is 1. The molecule has 1 aliphatic rings. The van der Waals surface area contributed by atoms with Crippen LogP contribution in [0.3, 0.4) is 0 Å². The molecule has 128 valence electrons. The van der Waals surface area contributed by atoms with Gasteiger partial charge in [0, 0.05) is 12.3 Å². The lowest BCUT2D eigenvalue weighted by Crippen LogP contribution is -2.45. The predicted octanol–water partition coefficient (Wildman–Crippen LogP) is -3.93. The number of aromatic nitrogens is 2. The molecule has 23 heavy (non-hydrogen) atoms. The molecule has 1 aliphatic heterocycles. The van der Waals surface area contributed by atoms with Gasteiger partial charge in [0.25, 0.3) is 5.56 Å². The highest BCUT2D eigenvalue weighted by molar-refractivity contribution is 5.71. The second-order valence-electron chi connectivity index (χ2n) is 5.04. The van der Waals surface area contributed by atoms with Crippen LogP contribution in [0.1, 0.15) is 6.23 Å². The molecule has 0 spiro atoms. The molecule has 1 unspecified atom stereocenters. The summed E-state index contributed by atoms with van der Waals surface area (Å²) in [5, 5.41) is 46.6. The molecule has 1 aromatic heterocycles. The molecule has 2 rings (SSSR count). The van der Waals surface area contributed by atoms with Gasteiger partial charge in [0.2, 0.25) is 0 Å². The Kier molecular flexibility index (Phi) is 4.97. The van der Waals surface area contributed by atoms with Crippen molar-refractivity contribution in [1.82, 2.24) is 9.13 Å². The maximum absolute atomic E-state index is 12.3. The molecule has 5 atom stereocenters. The van der Waals surface area contributed by atoms with Crippen LogP contribution in [-0.4, -0.2) is 71.7 Å². The highest BCUT2D eigenvalue weighted by Crippen LogP contribution is 2.27. The molecule has 11 nitrogen and oxygen atoms in total. The quantitative estimate of drug-likeness (QED) is 0.361. The first-order chi connectivity index (χ1) is 10.8. The zero-order valence-corrected chi connectivity index (χ0v) is 11.7. The summed E-state index contributed by atoms with van der Waals surface area (Å²) < 4.78 is 6.41. The van der Waals surface area contributed by atoms with Gasteiger partial charge >= 0.3 is 11.7 Å². The number of hydrogen-bond acceptors (Lipinski definition) is 8. The predicted molar refractivity (Wildman–Crippen MR) is 71.6 cm³/mol. The molecule has 0 saturated carbocycles. The van der Waals surface area contributed by atoms with Crippen molar-refractivity contribution in [3.63, 3.8) is 0 Å². The highest BCUT2D eigenvalue weighted by atomic mass is 16.6. The number of hydrogen-bond donors (Lipinski definition) is 5. The van der Waals surface area contributed by atoms with Gasteiger partial charge in [-0.15, -0.1) is 0 Å². The summed E-state index contributed by atoms with van der Waals surface area (Å²) >= 11 is 0. The van der Waals surface area contributed by atoms with Crippen LogP contribution in [0.4, 0.5) is 0 Å². The number of carboxylic acid groups (broad SMARTS) is 1. The molecule has 1 fully saturated rings. The summed E-state index contributed by atoms with van der Waals surface area (Å²) in [6, 6.07) is 0.921. The smallest absolute Gasteiger partial charge is 0.334 e. The third-order valence-electron chi connectivity index (χ3n) is 3.53. The van der Waals surface area contributed by atoms with E-state index in [1.54, 1.807) is 0 Å². The van der Waals surface area contributed by atoms with Gasteiger partial charge in [-0.05, 0) is 0 Å². The Morgan fingerprint density at radius 3 is 2.48 bits per heavy atom. The number of nitrogens with zero attached hydrogens (tertiary/aromatic N) is 2. The van der Waals surface area contributed by atoms with E-state index >= 15 is 0 Å². The van der Waals surface area contributed by atoms with Gasteiger partial charge < -0.3 is 30.3 Å². The van der Waals surface area contributed by atoms with Crippen LogP contribution < -0.4 is 11.2 Å². The lowest BCUT2D eigenvalue weighted by Gasteiger charge is -2.19. The lowest BCUT2D eigenvalue weighted by molar-refractivity contribution is -0.147. The summed E-state index contributed by atoms with van der Waals surface area (Å²) in [5.74, 6) is -1.61. The average Bonchev–Trinajstić information content (AvgIpc) is 2.79. The Labute approximate surface area is 128 Å². The van der Waals surface area contributed by atoms with Crippen LogP contribution in [-0.2, 0) is 16.1 Å². The van der Waals surface area contributed by atoms with Gasteiger partial charge in [-0.1, -0.05) is 0 Å². The molecule has 0 aliphatic carbocycles. The molecule has 5 N–H and O–H groups in total. The van der Waals surface area contributed by atoms with E-state index in [4.69, 9.17) is 14.9 Å². The maximum atomic E-state index is 12.3. The zero-order valence-electron chi connectivity index (χ0n) is 11.7. The van der Waals surface area contributed by atoms with Crippen molar-refractivity contribution in [2.24, 2.45) is 0 Å². The fourth-order valence-electron chi connectivity index (χ4n) is 2.25. The first-order valence-corrected chi connectivity index (χ1v) is 6.63. The van der Waals surface area contributed by atoms with E-state index in [-0.39, 0.29) is 0 Å². The third kappa shape index (κ3) is 3.18. The fraction of sp³-hybridized carbons (Fsp3) is 0.583. The lowest BCUT2D eigenvalue weighted by atomic mass is 10.1. The monoisotopic (exact) mass is 332 g/mol. The van der Waals surface area contributed by atoms with Crippen LogP contribution in [0, 0.1) is 0 Å². The minimum absolute atomic E-state index is 0.466. The van der Waals surface area contributed by atoms with Crippen LogP contribution in [0.25, 0.3) is 0 Å². The van der Waals surface area contributed by atoms with Crippen LogP contribution in [0.5, 0.6) is 0 Å². The molecule has 11 heteroatoms. The average molecular weight is 332 g/mol. The van der Waals surface area contributed by atoms with E-state index in [1.807, 2.05) is 0 Å². The minimum Gasteiger partial charge on any atom is -0.479 e. The number of rotatable bonds is 5.